The molecule has 1 atom stereocenters. The van der Waals surface area contributed by atoms with Crippen molar-refractivity contribution in [1.29, 1.82) is 5.26 Å². The van der Waals surface area contributed by atoms with Gasteiger partial charge in [0, 0.05) is 5.38 Å². The molecule has 0 spiro atoms. The van der Waals surface area contributed by atoms with Crippen molar-refractivity contribution >= 4 is 46.1 Å². The fraction of sp³-hybridized carbons (Fsp3) is 0.429. The van der Waals surface area contributed by atoms with E-state index in [1.165, 1.54) is 15.9 Å². The third-order valence-electron chi connectivity index (χ3n) is 3.14. The van der Waals surface area contributed by atoms with Crippen LogP contribution >= 0.6 is 23.1 Å². The van der Waals surface area contributed by atoms with E-state index in [9.17, 15) is 9.59 Å². The molecule has 0 bridgehead atoms. The number of ether oxygens (including phenoxy) is 1. The van der Waals surface area contributed by atoms with Gasteiger partial charge in [-0.2, -0.15) is 5.26 Å². The number of anilines is 2. The van der Waals surface area contributed by atoms with Crippen LogP contribution in [-0.4, -0.2) is 44.0 Å². The van der Waals surface area contributed by atoms with Gasteiger partial charge in [-0.1, -0.05) is 11.8 Å². The first-order chi connectivity index (χ1) is 12.5. The van der Waals surface area contributed by atoms with Crippen LogP contribution in [0.5, 0.6) is 0 Å². The Kier molecular flexibility index (Phi) is 6.93. The number of nitrogens with zero attached hydrogens (tertiary/aromatic N) is 5. The van der Waals surface area contributed by atoms with Crippen LogP contribution in [0.1, 0.15) is 25.6 Å². The molecule has 3 N–H and O–H groups in total. The number of nitriles is 1. The average Bonchev–Trinajstić information content (AvgIpc) is 3.18. The molecule has 1 unspecified atom stereocenters. The second-order valence-electron chi connectivity index (χ2n) is 4.95. The summed E-state index contributed by atoms with van der Waals surface area (Å²) in [5.74, 6) is -0.501. The maximum atomic E-state index is 12.5. The SMILES string of the molecule is CCOC(=O)Cc1csc(NC(=O)C(C)n2c(N)nnc2SCC#N)n1. The number of thioether (sulfide) groups is 1. The maximum Gasteiger partial charge on any atom is 0.311 e. The summed E-state index contributed by atoms with van der Waals surface area (Å²) in [7, 11) is 0. The second kappa shape index (κ2) is 9.16. The predicted molar refractivity (Wildman–Crippen MR) is 96.6 cm³/mol. The van der Waals surface area contributed by atoms with Crippen molar-refractivity contribution in [3.63, 3.8) is 0 Å². The summed E-state index contributed by atoms with van der Waals surface area (Å²) >= 11 is 2.34. The second-order valence-corrected chi connectivity index (χ2v) is 6.75. The molecule has 2 aromatic rings. The van der Waals surface area contributed by atoms with E-state index < -0.39 is 6.04 Å². The Labute approximate surface area is 157 Å². The zero-order valence-electron chi connectivity index (χ0n) is 14.1. The Bertz CT molecular complexity index is 827. The van der Waals surface area contributed by atoms with Gasteiger partial charge >= 0.3 is 5.97 Å². The van der Waals surface area contributed by atoms with Crippen LogP contribution in [0.3, 0.4) is 0 Å². The molecule has 0 aliphatic heterocycles. The number of amides is 1. The molecule has 0 fully saturated rings. The van der Waals surface area contributed by atoms with E-state index in [4.69, 9.17) is 15.7 Å². The van der Waals surface area contributed by atoms with E-state index in [2.05, 4.69) is 20.5 Å². The molecule has 0 aliphatic rings. The minimum atomic E-state index is -0.705. The number of rotatable bonds is 8. The molecule has 12 heteroatoms. The Morgan fingerprint density at radius 3 is 3.00 bits per heavy atom. The predicted octanol–water partition coefficient (Wildman–Crippen LogP) is 1.24. The number of nitrogen functional groups attached to an aromatic ring is 1. The Balaban J connectivity index is 2.04. The summed E-state index contributed by atoms with van der Waals surface area (Å²) in [6, 6.07) is 1.28. The molecule has 2 rings (SSSR count). The lowest BCUT2D eigenvalue weighted by atomic mass is 10.3. The summed E-state index contributed by atoms with van der Waals surface area (Å²) < 4.78 is 6.31. The summed E-state index contributed by atoms with van der Waals surface area (Å²) in [6.45, 7) is 3.67. The molecule has 0 radical (unpaired) electrons. The first-order valence-corrected chi connectivity index (χ1v) is 9.43. The molecule has 1 amide bonds. The lowest BCUT2D eigenvalue weighted by Crippen LogP contribution is -2.25. The lowest BCUT2D eigenvalue weighted by Gasteiger charge is -2.15. The smallest absolute Gasteiger partial charge is 0.311 e. The standard InChI is InChI=1S/C14H17N7O3S2/c1-3-24-10(22)6-9-7-26-13(17-9)18-11(23)8(2)21-12(16)19-20-14(21)25-5-4-15/h7-8H,3,5-6H2,1-2H3,(H2,16,19)(H,17,18,23). The quantitative estimate of drug-likeness (QED) is 0.497. The maximum absolute atomic E-state index is 12.5. The zero-order valence-corrected chi connectivity index (χ0v) is 15.8. The molecule has 0 aromatic carbocycles. The topological polar surface area (TPSA) is 149 Å². The number of aromatic nitrogens is 4. The third-order valence-corrected chi connectivity index (χ3v) is 4.75. The van der Waals surface area contributed by atoms with Crippen LogP contribution in [0.2, 0.25) is 0 Å². The van der Waals surface area contributed by atoms with E-state index >= 15 is 0 Å². The van der Waals surface area contributed by atoms with Gasteiger partial charge in [0.1, 0.15) is 6.04 Å². The van der Waals surface area contributed by atoms with Gasteiger partial charge in [0.15, 0.2) is 10.3 Å². The van der Waals surface area contributed by atoms with Gasteiger partial charge < -0.3 is 15.8 Å². The highest BCUT2D eigenvalue weighted by Crippen LogP contribution is 2.24. The van der Waals surface area contributed by atoms with E-state index in [1.54, 1.807) is 19.2 Å². The Morgan fingerprint density at radius 1 is 1.54 bits per heavy atom. The van der Waals surface area contributed by atoms with Crippen LogP contribution in [0.4, 0.5) is 11.1 Å². The van der Waals surface area contributed by atoms with E-state index in [-0.39, 0.29) is 30.0 Å². The van der Waals surface area contributed by atoms with Crippen molar-refractivity contribution in [3.8, 4) is 6.07 Å². The van der Waals surface area contributed by atoms with E-state index in [0.717, 1.165) is 11.8 Å². The molecule has 138 valence electrons. The molecular formula is C14H17N7O3S2. The molecular weight excluding hydrogens is 378 g/mol. The van der Waals surface area contributed by atoms with E-state index in [1.807, 2.05) is 6.07 Å². The monoisotopic (exact) mass is 395 g/mol. The number of hydrogen-bond donors (Lipinski definition) is 2. The normalized spacial score (nSPS) is 11.6. The first kappa shape index (κ1) is 19.7. The Hall–Kier alpha value is -2.65. The highest BCUT2D eigenvalue weighted by atomic mass is 32.2. The van der Waals surface area contributed by atoms with E-state index in [0.29, 0.717) is 22.6 Å². The number of nitrogens with one attached hydrogen (secondary N) is 1. The molecule has 0 saturated heterocycles. The van der Waals surface area contributed by atoms with Crippen LogP contribution in [0.25, 0.3) is 0 Å². The average molecular weight is 395 g/mol. The minimum Gasteiger partial charge on any atom is -0.466 e. The van der Waals surface area contributed by atoms with Crippen molar-refractivity contribution in [1.82, 2.24) is 19.7 Å². The molecule has 10 nitrogen and oxygen atoms in total. The summed E-state index contributed by atoms with van der Waals surface area (Å²) in [6.07, 6.45) is 0.0447. The summed E-state index contributed by atoms with van der Waals surface area (Å²) in [4.78, 5) is 28.1. The number of carbonyl (C=O) groups is 2. The summed E-state index contributed by atoms with van der Waals surface area (Å²) in [5.41, 5.74) is 6.30. The van der Waals surface area contributed by atoms with Gasteiger partial charge in [-0.25, -0.2) is 4.98 Å². The highest BCUT2D eigenvalue weighted by Gasteiger charge is 2.23. The fourth-order valence-corrected chi connectivity index (χ4v) is 3.38. The van der Waals surface area contributed by atoms with Crippen LogP contribution in [0, 0.1) is 11.3 Å². The van der Waals surface area contributed by atoms with Gasteiger partial charge in [-0.05, 0) is 13.8 Å². The van der Waals surface area contributed by atoms with Crippen molar-refractivity contribution in [3.05, 3.63) is 11.1 Å². The lowest BCUT2D eigenvalue weighted by molar-refractivity contribution is -0.142. The number of carbonyl (C=O) groups excluding carboxylic acids is 2. The van der Waals surface area contributed by atoms with Gasteiger partial charge in [-0.3, -0.25) is 14.2 Å². The zero-order chi connectivity index (χ0) is 19.1. The van der Waals surface area contributed by atoms with Gasteiger partial charge in [0.25, 0.3) is 0 Å². The van der Waals surface area contributed by atoms with Gasteiger partial charge in [0.2, 0.25) is 11.9 Å². The number of nitrogens with two attached hydrogens (primary N) is 1. The molecule has 2 aromatic heterocycles. The molecule has 26 heavy (non-hydrogen) atoms. The van der Waals surface area contributed by atoms with Gasteiger partial charge in [0.05, 0.1) is 30.5 Å². The number of thiazole rings is 1. The van der Waals surface area contributed by atoms with Crippen molar-refractivity contribution in [2.75, 3.05) is 23.4 Å². The van der Waals surface area contributed by atoms with Crippen molar-refractivity contribution in [2.24, 2.45) is 0 Å². The van der Waals surface area contributed by atoms with Crippen LogP contribution in [0.15, 0.2) is 10.5 Å². The highest BCUT2D eigenvalue weighted by molar-refractivity contribution is 7.99. The van der Waals surface area contributed by atoms with Crippen molar-refractivity contribution < 1.29 is 14.3 Å². The third kappa shape index (κ3) is 4.93. The molecule has 2 heterocycles. The minimum absolute atomic E-state index is 0.0447. The van der Waals surface area contributed by atoms with Crippen LogP contribution in [-0.2, 0) is 20.7 Å². The van der Waals surface area contributed by atoms with Crippen molar-refractivity contribution in [2.45, 2.75) is 31.5 Å². The molecule has 0 aliphatic carbocycles. The number of hydrogen-bond acceptors (Lipinski definition) is 10. The summed E-state index contributed by atoms with van der Waals surface area (Å²) in [5, 5.41) is 21.4. The largest absolute Gasteiger partial charge is 0.466 e. The Morgan fingerprint density at radius 2 is 2.31 bits per heavy atom. The van der Waals surface area contributed by atoms with Gasteiger partial charge in [-0.15, -0.1) is 21.5 Å². The number of esters is 1. The fourth-order valence-electron chi connectivity index (χ4n) is 1.98. The molecule has 0 saturated carbocycles. The van der Waals surface area contributed by atoms with Crippen LogP contribution < -0.4 is 11.1 Å². The first-order valence-electron chi connectivity index (χ1n) is 7.57.